The summed E-state index contributed by atoms with van der Waals surface area (Å²) in [6.45, 7) is 12.2. The summed E-state index contributed by atoms with van der Waals surface area (Å²) < 4.78 is 0. The average Bonchev–Trinajstić information content (AvgIpc) is 2.96. The molecule has 6 nitrogen and oxygen atoms in total. The van der Waals surface area contributed by atoms with Crippen LogP contribution in [0.25, 0.3) is 0 Å². The molecule has 4 N–H and O–H groups in total. The van der Waals surface area contributed by atoms with E-state index in [1.165, 1.54) is 0 Å². The van der Waals surface area contributed by atoms with Gasteiger partial charge in [0.25, 0.3) is 0 Å². The lowest BCUT2D eigenvalue weighted by molar-refractivity contribution is -0.132. The molecule has 24 heavy (non-hydrogen) atoms. The Kier molecular flexibility index (Phi) is 7.73. The number of carbonyl (C=O) groups is 2. The lowest BCUT2D eigenvalue weighted by Gasteiger charge is -2.28. The van der Waals surface area contributed by atoms with Crippen LogP contribution in [0.3, 0.4) is 0 Å². The van der Waals surface area contributed by atoms with Gasteiger partial charge in [0.2, 0.25) is 5.91 Å². The minimum absolute atomic E-state index is 0.0126. The molecule has 0 fully saturated rings. The molecule has 0 aromatic rings. The number of hydrazine groups is 2. The molecule has 1 atom stereocenters. The van der Waals surface area contributed by atoms with Crippen molar-refractivity contribution in [2.24, 2.45) is 17.3 Å². The van der Waals surface area contributed by atoms with Crippen LogP contribution in [0.1, 0.15) is 67.2 Å². The summed E-state index contributed by atoms with van der Waals surface area (Å²) >= 11 is 0. The van der Waals surface area contributed by atoms with Crippen molar-refractivity contribution in [1.82, 2.24) is 21.7 Å². The van der Waals surface area contributed by atoms with Gasteiger partial charge in [0, 0.05) is 17.3 Å². The third-order valence-electron chi connectivity index (χ3n) is 4.47. The molecule has 0 saturated heterocycles. The highest BCUT2D eigenvalue weighted by Crippen LogP contribution is 2.29. The lowest BCUT2D eigenvalue weighted by atomic mass is 9.76. The van der Waals surface area contributed by atoms with E-state index in [0.29, 0.717) is 13.0 Å². The first-order chi connectivity index (χ1) is 11.2. The van der Waals surface area contributed by atoms with Crippen LogP contribution in [0.5, 0.6) is 0 Å². The normalized spacial score (nSPS) is 16.0. The van der Waals surface area contributed by atoms with Crippen molar-refractivity contribution in [3.63, 3.8) is 0 Å². The van der Waals surface area contributed by atoms with E-state index >= 15 is 0 Å². The highest BCUT2D eigenvalue weighted by molar-refractivity contribution is 5.87. The van der Waals surface area contributed by atoms with E-state index in [-0.39, 0.29) is 23.5 Å². The molecule has 0 spiro atoms. The first kappa shape index (κ1) is 20.5. The van der Waals surface area contributed by atoms with Gasteiger partial charge >= 0.3 is 0 Å². The Labute approximate surface area is 146 Å². The molecule has 0 saturated carbocycles. The largest absolute Gasteiger partial charge is 0.350 e. The standard InChI is InChI=1S/C18H34N4O2/c1-7-8-9-14-15(21-22-20-14)11-19-17(24)13(4)10-18(5,6)16(23)12(2)3/h12-13,20-22H,7-11H2,1-6H3,(H,19,24). The molecule has 0 bridgehead atoms. The number of rotatable bonds is 10. The van der Waals surface area contributed by atoms with E-state index < -0.39 is 5.41 Å². The smallest absolute Gasteiger partial charge is 0.223 e. The quantitative estimate of drug-likeness (QED) is 0.492. The minimum atomic E-state index is -0.481. The fourth-order valence-electron chi connectivity index (χ4n) is 3.14. The van der Waals surface area contributed by atoms with E-state index in [4.69, 9.17) is 0 Å². The molecular weight excluding hydrogens is 304 g/mol. The Hall–Kier alpha value is -1.56. The summed E-state index contributed by atoms with van der Waals surface area (Å²) in [6.07, 6.45) is 3.74. The van der Waals surface area contributed by atoms with Crippen LogP contribution in [-0.2, 0) is 9.59 Å². The number of unbranched alkanes of at least 4 members (excludes halogenated alkanes) is 1. The molecule has 1 amide bonds. The van der Waals surface area contributed by atoms with E-state index in [9.17, 15) is 9.59 Å². The molecular formula is C18H34N4O2. The van der Waals surface area contributed by atoms with E-state index in [0.717, 1.165) is 30.7 Å². The number of hydrogen-bond donors (Lipinski definition) is 4. The first-order valence-electron chi connectivity index (χ1n) is 9.00. The molecule has 1 aliphatic heterocycles. The van der Waals surface area contributed by atoms with Crippen molar-refractivity contribution < 1.29 is 9.59 Å². The third kappa shape index (κ3) is 5.82. The second kappa shape index (κ2) is 9.06. The number of nitrogens with one attached hydrogen (secondary N) is 4. The highest BCUT2D eigenvalue weighted by atomic mass is 16.2. The lowest BCUT2D eigenvalue weighted by Crippen LogP contribution is -2.39. The molecule has 0 aliphatic carbocycles. The average molecular weight is 338 g/mol. The van der Waals surface area contributed by atoms with Crippen molar-refractivity contribution in [3.05, 3.63) is 11.4 Å². The summed E-state index contributed by atoms with van der Waals surface area (Å²) in [4.78, 5) is 24.6. The van der Waals surface area contributed by atoms with Crippen LogP contribution in [0, 0.1) is 17.3 Å². The molecule has 6 heteroatoms. The Morgan fingerprint density at radius 2 is 1.75 bits per heavy atom. The van der Waals surface area contributed by atoms with Gasteiger partial charge in [0.15, 0.2) is 0 Å². The van der Waals surface area contributed by atoms with Gasteiger partial charge in [-0.3, -0.25) is 9.59 Å². The van der Waals surface area contributed by atoms with Crippen molar-refractivity contribution >= 4 is 11.7 Å². The predicted octanol–water partition coefficient (Wildman–Crippen LogP) is 2.39. The zero-order valence-corrected chi connectivity index (χ0v) is 16.0. The number of ketones is 1. The molecule has 1 rings (SSSR count). The summed E-state index contributed by atoms with van der Waals surface area (Å²) in [6, 6.07) is 0. The maximum atomic E-state index is 12.4. The van der Waals surface area contributed by atoms with Crippen molar-refractivity contribution in [2.45, 2.75) is 67.2 Å². The summed E-state index contributed by atoms with van der Waals surface area (Å²) in [5.74, 6) is -0.0284. The van der Waals surface area contributed by atoms with Gasteiger partial charge in [0.05, 0.1) is 17.9 Å². The SMILES string of the molecule is CCCCC1=C(CNC(=O)C(C)CC(C)(C)C(=O)C(C)C)NNN1. The van der Waals surface area contributed by atoms with Gasteiger partial charge in [-0.1, -0.05) is 48.0 Å². The van der Waals surface area contributed by atoms with Crippen molar-refractivity contribution in [2.75, 3.05) is 6.54 Å². The Morgan fingerprint density at radius 1 is 1.12 bits per heavy atom. The van der Waals surface area contributed by atoms with Crippen LogP contribution >= 0.6 is 0 Å². The molecule has 0 radical (unpaired) electrons. The second-order valence-electron chi connectivity index (χ2n) is 7.66. The second-order valence-corrected chi connectivity index (χ2v) is 7.66. The highest BCUT2D eigenvalue weighted by Gasteiger charge is 2.33. The topological polar surface area (TPSA) is 82.3 Å². The number of amides is 1. The Bertz CT molecular complexity index is 483. The van der Waals surface area contributed by atoms with E-state index in [2.05, 4.69) is 28.6 Å². The molecule has 1 aliphatic rings. The fourth-order valence-corrected chi connectivity index (χ4v) is 3.14. The third-order valence-corrected chi connectivity index (χ3v) is 4.47. The molecule has 1 heterocycles. The molecule has 0 aromatic carbocycles. The van der Waals surface area contributed by atoms with E-state index in [1.807, 2.05) is 34.6 Å². The fraction of sp³-hybridized carbons (Fsp3) is 0.778. The van der Waals surface area contributed by atoms with Crippen LogP contribution in [-0.4, -0.2) is 18.2 Å². The number of Topliss-reactive ketones (excluding diaryl/α,β-unsaturated/α-hetero) is 1. The van der Waals surface area contributed by atoms with Crippen LogP contribution < -0.4 is 21.7 Å². The summed E-state index contributed by atoms with van der Waals surface area (Å²) in [5, 5.41) is 2.97. The van der Waals surface area contributed by atoms with Gasteiger partial charge < -0.3 is 16.2 Å². The number of hydrogen-bond acceptors (Lipinski definition) is 5. The first-order valence-corrected chi connectivity index (χ1v) is 9.00. The Balaban J connectivity index is 2.54. The van der Waals surface area contributed by atoms with Gasteiger partial charge in [-0.15, -0.1) is 0 Å². The van der Waals surface area contributed by atoms with Gasteiger partial charge in [0.1, 0.15) is 5.78 Å². The predicted molar refractivity (Wildman–Crippen MR) is 96.4 cm³/mol. The zero-order valence-electron chi connectivity index (χ0n) is 16.0. The van der Waals surface area contributed by atoms with Gasteiger partial charge in [-0.25, -0.2) is 0 Å². The number of allylic oxidation sites excluding steroid dienone is 1. The minimum Gasteiger partial charge on any atom is -0.350 e. The maximum absolute atomic E-state index is 12.4. The molecule has 138 valence electrons. The summed E-state index contributed by atoms with van der Waals surface area (Å²) in [7, 11) is 0. The monoisotopic (exact) mass is 338 g/mol. The number of carbonyl (C=O) groups excluding carboxylic acids is 2. The summed E-state index contributed by atoms with van der Waals surface area (Å²) in [5.41, 5.74) is 10.6. The van der Waals surface area contributed by atoms with Gasteiger partial charge in [-0.05, 0) is 19.3 Å². The van der Waals surface area contributed by atoms with Crippen molar-refractivity contribution in [1.29, 1.82) is 0 Å². The van der Waals surface area contributed by atoms with Crippen molar-refractivity contribution in [3.8, 4) is 0 Å². The molecule has 1 unspecified atom stereocenters. The van der Waals surface area contributed by atoms with Gasteiger partial charge in [-0.2, -0.15) is 5.53 Å². The van der Waals surface area contributed by atoms with Crippen LogP contribution in [0.2, 0.25) is 0 Å². The maximum Gasteiger partial charge on any atom is 0.223 e. The van der Waals surface area contributed by atoms with Crippen LogP contribution in [0.4, 0.5) is 0 Å². The van der Waals surface area contributed by atoms with E-state index in [1.54, 1.807) is 0 Å². The zero-order chi connectivity index (χ0) is 18.3. The Morgan fingerprint density at radius 3 is 2.33 bits per heavy atom. The molecule has 0 aromatic heterocycles. The van der Waals surface area contributed by atoms with Crippen LogP contribution in [0.15, 0.2) is 11.4 Å².